The van der Waals surface area contributed by atoms with Crippen molar-refractivity contribution in [3.63, 3.8) is 0 Å². The van der Waals surface area contributed by atoms with Crippen LogP contribution in [-0.4, -0.2) is 5.91 Å². The average Bonchev–Trinajstić information content (AvgIpc) is 2.22. The molecule has 2 N–H and O–H groups in total. The Hall–Kier alpha value is -1.49. The Labute approximate surface area is 91.8 Å². The molecule has 0 aromatic heterocycles. The maximum atomic E-state index is 13.0. The average molecular weight is 226 g/mol. The van der Waals surface area contributed by atoms with Gasteiger partial charge in [-0.25, -0.2) is 14.2 Å². The van der Waals surface area contributed by atoms with Gasteiger partial charge in [-0.15, -0.1) is 0 Å². The zero-order chi connectivity index (χ0) is 11.7. The van der Waals surface area contributed by atoms with E-state index in [1.54, 1.807) is 0 Å². The predicted octanol–water partition coefficient (Wildman–Crippen LogP) is 1.67. The Morgan fingerprint density at radius 3 is 2.69 bits per heavy atom. The van der Waals surface area contributed by atoms with E-state index in [1.165, 1.54) is 6.07 Å². The molecule has 1 aliphatic rings. The van der Waals surface area contributed by atoms with Crippen molar-refractivity contribution < 1.29 is 13.6 Å². The number of carbonyl (C=O) groups is 1. The summed E-state index contributed by atoms with van der Waals surface area (Å²) in [7, 11) is 0. The maximum absolute atomic E-state index is 13.0. The van der Waals surface area contributed by atoms with Gasteiger partial charge < -0.3 is 0 Å². The molecular weight excluding hydrogens is 214 g/mol. The summed E-state index contributed by atoms with van der Waals surface area (Å²) in [6.07, 6.45) is 0.372. The number of carbonyl (C=O) groups excluding carboxylic acids is 1. The minimum atomic E-state index is -0.872. The van der Waals surface area contributed by atoms with Crippen molar-refractivity contribution in [3.05, 3.63) is 35.4 Å². The quantitative estimate of drug-likeness (QED) is 0.764. The Kier molecular flexibility index (Phi) is 2.87. The van der Waals surface area contributed by atoms with E-state index >= 15 is 0 Å². The van der Waals surface area contributed by atoms with E-state index in [1.807, 2.05) is 6.92 Å². The molecule has 0 spiro atoms. The number of amides is 1. The summed E-state index contributed by atoms with van der Waals surface area (Å²) in [6.45, 7) is 1.89. The highest BCUT2D eigenvalue weighted by Crippen LogP contribution is 2.27. The van der Waals surface area contributed by atoms with E-state index in [4.69, 9.17) is 0 Å². The van der Waals surface area contributed by atoms with Crippen LogP contribution in [0.5, 0.6) is 0 Å². The number of nitrogens with one attached hydrogen (secondary N) is 2. The standard InChI is InChI=1S/C11H12F2N2O/c1-6-4-10(16)14-15-11(6)7-2-3-8(12)9(13)5-7/h2-3,5-6,11,15H,4H2,1H3,(H,14,16). The van der Waals surface area contributed by atoms with Crippen LogP contribution < -0.4 is 10.9 Å². The Morgan fingerprint density at radius 2 is 2.06 bits per heavy atom. The third-order valence-corrected chi connectivity index (χ3v) is 2.75. The zero-order valence-electron chi connectivity index (χ0n) is 8.76. The highest BCUT2D eigenvalue weighted by atomic mass is 19.2. The summed E-state index contributed by atoms with van der Waals surface area (Å²) < 4.78 is 25.8. The second-order valence-corrected chi connectivity index (χ2v) is 4.03. The van der Waals surface area contributed by atoms with Crippen molar-refractivity contribution in [2.45, 2.75) is 19.4 Å². The number of hydrazine groups is 1. The van der Waals surface area contributed by atoms with E-state index in [0.717, 1.165) is 12.1 Å². The van der Waals surface area contributed by atoms with Gasteiger partial charge in [0.2, 0.25) is 5.91 Å². The highest BCUT2D eigenvalue weighted by molar-refractivity contribution is 5.76. The van der Waals surface area contributed by atoms with Crippen LogP contribution in [0.25, 0.3) is 0 Å². The first-order valence-corrected chi connectivity index (χ1v) is 5.07. The molecule has 0 saturated carbocycles. The lowest BCUT2D eigenvalue weighted by molar-refractivity contribution is -0.125. The summed E-state index contributed by atoms with van der Waals surface area (Å²) >= 11 is 0. The molecule has 1 aromatic carbocycles. The van der Waals surface area contributed by atoms with Crippen LogP contribution in [0.15, 0.2) is 18.2 Å². The summed E-state index contributed by atoms with van der Waals surface area (Å²) in [6, 6.07) is 3.58. The van der Waals surface area contributed by atoms with E-state index < -0.39 is 11.6 Å². The lowest BCUT2D eigenvalue weighted by Gasteiger charge is -2.30. The molecule has 5 heteroatoms. The second kappa shape index (κ2) is 4.17. The predicted molar refractivity (Wildman–Crippen MR) is 54.2 cm³/mol. The van der Waals surface area contributed by atoms with Gasteiger partial charge in [-0.05, 0) is 23.6 Å². The summed E-state index contributed by atoms with van der Waals surface area (Å²) in [4.78, 5) is 11.1. The molecule has 1 aliphatic heterocycles. The third kappa shape index (κ3) is 2.04. The summed E-state index contributed by atoms with van der Waals surface area (Å²) in [5, 5.41) is 0. The molecule has 0 bridgehead atoms. The zero-order valence-corrected chi connectivity index (χ0v) is 8.76. The van der Waals surface area contributed by atoms with Crippen molar-refractivity contribution in [2.75, 3.05) is 0 Å². The van der Waals surface area contributed by atoms with Crippen LogP contribution in [-0.2, 0) is 4.79 Å². The molecular formula is C11H12F2N2O. The topological polar surface area (TPSA) is 41.1 Å². The van der Waals surface area contributed by atoms with Crippen molar-refractivity contribution >= 4 is 5.91 Å². The lowest BCUT2D eigenvalue weighted by atomic mass is 9.91. The molecule has 16 heavy (non-hydrogen) atoms. The van der Waals surface area contributed by atoms with Gasteiger partial charge >= 0.3 is 0 Å². The van der Waals surface area contributed by atoms with Crippen molar-refractivity contribution in [2.24, 2.45) is 5.92 Å². The monoisotopic (exact) mass is 226 g/mol. The molecule has 0 radical (unpaired) electrons. The number of hydrogen-bond donors (Lipinski definition) is 2. The molecule has 2 atom stereocenters. The number of halogens is 2. The van der Waals surface area contributed by atoms with Gasteiger partial charge in [0.25, 0.3) is 0 Å². The molecule has 1 heterocycles. The van der Waals surface area contributed by atoms with E-state index in [-0.39, 0.29) is 17.9 Å². The first-order valence-electron chi connectivity index (χ1n) is 5.07. The van der Waals surface area contributed by atoms with Crippen LogP contribution in [0, 0.1) is 17.6 Å². The molecule has 86 valence electrons. The van der Waals surface area contributed by atoms with E-state index in [0.29, 0.717) is 12.0 Å². The fourth-order valence-electron chi connectivity index (χ4n) is 1.88. The number of benzene rings is 1. The fourth-order valence-corrected chi connectivity index (χ4v) is 1.88. The van der Waals surface area contributed by atoms with Gasteiger partial charge in [0.15, 0.2) is 11.6 Å². The SMILES string of the molecule is CC1CC(=O)NNC1c1ccc(F)c(F)c1. The van der Waals surface area contributed by atoms with Gasteiger partial charge in [-0.1, -0.05) is 13.0 Å². The van der Waals surface area contributed by atoms with Gasteiger partial charge in [-0.2, -0.15) is 0 Å². The van der Waals surface area contributed by atoms with Crippen molar-refractivity contribution in [1.82, 2.24) is 10.9 Å². The normalized spacial score (nSPS) is 25.3. The fraction of sp³-hybridized carbons (Fsp3) is 0.364. The molecule has 2 unspecified atom stereocenters. The minimum absolute atomic E-state index is 0.0404. The molecule has 1 amide bonds. The van der Waals surface area contributed by atoms with Gasteiger partial charge in [-0.3, -0.25) is 10.2 Å². The number of rotatable bonds is 1. The van der Waals surface area contributed by atoms with Crippen LogP contribution in [0.2, 0.25) is 0 Å². The Balaban J connectivity index is 2.23. The largest absolute Gasteiger partial charge is 0.291 e. The third-order valence-electron chi connectivity index (χ3n) is 2.75. The molecule has 3 nitrogen and oxygen atoms in total. The van der Waals surface area contributed by atoms with Gasteiger partial charge in [0.1, 0.15) is 0 Å². The van der Waals surface area contributed by atoms with Crippen LogP contribution >= 0.6 is 0 Å². The molecule has 1 fully saturated rings. The summed E-state index contributed by atoms with van der Waals surface area (Å²) in [5.74, 6) is -1.79. The maximum Gasteiger partial charge on any atom is 0.234 e. The lowest BCUT2D eigenvalue weighted by Crippen LogP contribution is -2.48. The van der Waals surface area contributed by atoms with Gasteiger partial charge in [0, 0.05) is 6.42 Å². The molecule has 2 rings (SSSR count). The molecule has 1 saturated heterocycles. The van der Waals surface area contributed by atoms with Gasteiger partial charge in [0.05, 0.1) is 6.04 Å². The van der Waals surface area contributed by atoms with Crippen LogP contribution in [0.3, 0.4) is 0 Å². The number of hydrogen-bond acceptors (Lipinski definition) is 2. The molecule has 0 aliphatic carbocycles. The van der Waals surface area contributed by atoms with Crippen LogP contribution in [0.4, 0.5) is 8.78 Å². The second-order valence-electron chi connectivity index (χ2n) is 4.03. The van der Waals surface area contributed by atoms with Crippen molar-refractivity contribution in [3.8, 4) is 0 Å². The summed E-state index contributed by atoms with van der Waals surface area (Å²) in [5.41, 5.74) is 5.91. The first-order chi connectivity index (χ1) is 7.58. The van der Waals surface area contributed by atoms with E-state index in [9.17, 15) is 13.6 Å². The van der Waals surface area contributed by atoms with E-state index in [2.05, 4.69) is 10.9 Å². The van der Waals surface area contributed by atoms with Crippen molar-refractivity contribution in [1.29, 1.82) is 0 Å². The Morgan fingerprint density at radius 1 is 1.31 bits per heavy atom. The minimum Gasteiger partial charge on any atom is -0.291 e. The Bertz CT molecular complexity index is 422. The first kappa shape index (κ1) is 11.0. The smallest absolute Gasteiger partial charge is 0.234 e. The molecule has 1 aromatic rings. The van der Waals surface area contributed by atoms with Crippen LogP contribution in [0.1, 0.15) is 24.9 Å². The highest BCUT2D eigenvalue weighted by Gasteiger charge is 2.27.